The fraction of sp³-hybridized carbons (Fsp3) is 0.136. The third kappa shape index (κ3) is 5.36. The van der Waals surface area contributed by atoms with Crippen LogP contribution in [0, 0.1) is 13.8 Å². The van der Waals surface area contributed by atoms with Crippen molar-refractivity contribution < 1.29 is 18.3 Å². The summed E-state index contributed by atoms with van der Waals surface area (Å²) in [7, 11) is -3.67. The van der Waals surface area contributed by atoms with Crippen LogP contribution in [0.25, 0.3) is 0 Å². The summed E-state index contributed by atoms with van der Waals surface area (Å²) in [5.41, 5.74) is 3.09. The van der Waals surface area contributed by atoms with Gasteiger partial charge in [-0.2, -0.15) is 0 Å². The number of phenolic OH excluding ortho intramolecular Hbond substituents is 1. The molecule has 7 heteroatoms. The zero-order valence-corrected chi connectivity index (χ0v) is 17.0. The lowest BCUT2D eigenvalue weighted by atomic mass is 10.2. The van der Waals surface area contributed by atoms with Gasteiger partial charge >= 0.3 is 6.03 Å². The zero-order chi connectivity index (χ0) is 21.0. The Labute approximate surface area is 170 Å². The largest absolute Gasteiger partial charge is 0.508 e. The van der Waals surface area contributed by atoms with E-state index in [0.29, 0.717) is 22.5 Å². The van der Waals surface area contributed by atoms with Gasteiger partial charge in [-0.15, -0.1) is 0 Å². The second kappa shape index (κ2) is 8.36. The average molecular weight is 410 g/mol. The molecule has 0 bridgehead atoms. The summed E-state index contributed by atoms with van der Waals surface area (Å²) < 4.78 is 25.8. The molecule has 0 unspecified atom stereocenters. The molecule has 0 radical (unpaired) electrons. The maximum atomic E-state index is 12.9. The van der Waals surface area contributed by atoms with Crippen molar-refractivity contribution in [2.45, 2.75) is 24.5 Å². The lowest BCUT2D eigenvalue weighted by Crippen LogP contribution is -2.19. The van der Waals surface area contributed by atoms with Crippen molar-refractivity contribution >= 4 is 27.2 Å². The molecule has 0 aliphatic rings. The number of aryl methyl sites for hydroxylation is 2. The zero-order valence-electron chi connectivity index (χ0n) is 16.1. The molecule has 3 N–H and O–H groups in total. The van der Waals surface area contributed by atoms with Gasteiger partial charge in [0.1, 0.15) is 5.75 Å². The quantitative estimate of drug-likeness (QED) is 0.572. The summed E-state index contributed by atoms with van der Waals surface area (Å²) in [5, 5.41) is 15.0. The number of hydrogen-bond acceptors (Lipinski definition) is 4. The number of phenols is 1. The van der Waals surface area contributed by atoms with Crippen LogP contribution in [0.3, 0.4) is 0 Å². The normalized spacial score (nSPS) is 11.1. The van der Waals surface area contributed by atoms with Gasteiger partial charge in [-0.25, -0.2) is 13.2 Å². The number of aromatic hydroxyl groups is 1. The fourth-order valence-electron chi connectivity index (χ4n) is 2.97. The minimum absolute atomic E-state index is 0.0117. The second-order valence-electron chi connectivity index (χ2n) is 6.86. The topological polar surface area (TPSA) is 95.5 Å². The average Bonchev–Trinajstić information content (AvgIpc) is 2.63. The monoisotopic (exact) mass is 410 g/mol. The van der Waals surface area contributed by atoms with Crippen molar-refractivity contribution in [3.05, 3.63) is 83.4 Å². The van der Waals surface area contributed by atoms with Crippen molar-refractivity contribution in [3.63, 3.8) is 0 Å². The molecule has 0 atom stereocenters. The summed E-state index contributed by atoms with van der Waals surface area (Å²) in [5.74, 6) is -0.237. The van der Waals surface area contributed by atoms with Crippen LogP contribution in [0.15, 0.2) is 71.6 Å². The van der Waals surface area contributed by atoms with Gasteiger partial charge in [0, 0.05) is 11.4 Å². The van der Waals surface area contributed by atoms with Crippen LogP contribution in [0.1, 0.15) is 16.7 Å². The smallest absolute Gasteiger partial charge is 0.323 e. The Morgan fingerprint density at radius 2 is 1.59 bits per heavy atom. The number of hydrogen-bond donors (Lipinski definition) is 3. The Morgan fingerprint density at radius 3 is 2.28 bits per heavy atom. The number of urea groups is 1. The van der Waals surface area contributed by atoms with Crippen LogP contribution in [0.4, 0.5) is 16.2 Å². The maximum absolute atomic E-state index is 12.9. The highest BCUT2D eigenvalue weighted by Crippen LogP contribution is 2.25. The molecule has 3 aromatic rings. The Bertz CT molecular complexity index is 1160. The third-order valence-corrected chi connectivity index (χ3v) is 6.15. The molecule has 0 aromatic heterocycles. The summed E-state index contributed by atoms with van der Waals surface area (Å²) >= 11 is 0. The number of nitrogens with one attached hydrogen (secondary N) is 2. The third-order valence-electron chi connectivity index (χ3n) is 4.32. The SMILES string of the molecule is Cc1cccc(NC(=O)Nc2ccc(C)c(S(=O)(=O)Cc3cccc(O)c3)c2)c1. The number of carbonyl (C=O) groups excluding carboxylic acids is 1. The molecule has 0 saturated carbocycles. The summed E-state index contributed by atoms with van der Waals surface area (Å²) in [6, 6.07) is 17.8. The van der Waals surface area contributed by atoms with Crippen LogP contribution >= 0.6 is 0 Å². The van der Waals surface area contributed by atoms with Crippen LogP contribution < -0.4 is 10.6 Å². The molecular formula is C22H22N2O4S. The van der Waals surface area contributed by atoms with E-state index in [-0.39, 0.29) is 16.4 Å². The first-order chi connectivity index (χ1) is 13.7. The number of sulfone groups is 1. The first kappa shape index (κ1) is 20.4. The van der Waals surface area contributed by atoms with Gasteiger partial charge in [-0.3, -0.25) is 0 Å². The Morgan fingerprint density at radius 1 is 0.897 bits per heavy atom. The summed E-state index contributed by atoms with van der Waals surface area (Å²) in [4.78, 5) is 12.4. The molecule has 3 aromatic carbocycles. The highest BCUT2D eigenvalue weighted by Gasteiger charge is 2.19. The molecule has 2 amide bonds. The number of carbonyl (C=O) groups is 1. The van der Waals surface area contributed by atoms with Crippen LogP contribution in [-0.4, -0.2) is 19.6 Å². The van der Waals surface area contributed by atoms with Crippen LogP contribution in [-0.2, 0) is 15.6 Å². The van der Waals surface area contributed by atoms with Gasteiger partial charge in [0.25, 0.3) is 0 Å². The molecule has 0 saturated heterocycles. The van der Waals surface area contributed by atoms with Gasteiger partial charge in [-0.05, 0) is 66.9 Å². The van der Waals surface area contributed by atoms with E-state index in [4.69, 9.17) is 0 Å². The van der Waals surface area contributed by atoms with Crippen LogP contribution in [0.5, 0.6) is 5.75 Å². The molecule has 150 valence electrons. The predicted molar refractivity (Wildman–Crippen MR) is 114 cm³/mol. The lowest BCUT2D eigenvalue weighted by molar-refractivity contribution is 0.262. The standard InChI is InChI=1S/C22H22N2O4S/c1-15-5-3-7-18(11-15)23-22(26)24-19-10-9-16(2)21(13-19)29(27,28)14-17-6-4-8-20(25)12-17/h3-13,25H,14H2,1-2H3,(H2,23,24,26). The highest BCUT2D eigenvalue weighted by molar-refractivity contribution is 7.90. The van der Waals surface area contributed by atoms with E-state index >= 15 is 0 Å². The molecule has 6 nitrogen and oxygen atoms in total. The first-order valence-electron chi connectivity index (χ1n) is 8.99. The van der Waals surface area contributed by atoms with Gasteiger partial charge in [0.05, 0.1) is 10.6 Å². The predicted octanol–water partition coefficient (Wildman–Crippen LogP) is 4.63. The Kier molecular flexibility index (Phi) is 5.89. The van der Waals surface area contributed by atoms with Gasteiger partial charge in [-0.1, -0.05) is 30.3 Å². The van der Waals surface area contributed by atoms with E-state index in [1.807, 2.05) is 25.1 Å². The summed E-state index contributed by atoms with van der Waals surface area (Å²) in [6.07, 6.45) is 0. The molecule has 29 heavy (non-hydrogen) atoms. The van der Waals surface area contributed by atoms with Crippen molar-refractivity contribution in [2.75, 3.05) is 10.6 Å². The second-order valence-corrected chi connectivity index (χ2v) is 8.82. The molecule has 0 fully saturated rings. The lowest BCUT2D eigenvalue weighted by Gasteiger charge is -2.12. The van der Waals surface area contributed by atoms with Crippen molar-refractivity contribution in [1.29, 1.82) is 0 Å². The molecule has 0 aliphatic carbocycles. The minimum atomic E-state index is -3.67. The Hall–Kier alpha value is -3.32. The first-order valence-corrected chi connectivity index (χ1v) is 10.6. The molecular weight excluding hydrogens is 388 g/mol. The van der Waals surface area contributed by atoms with Gasteiger partial charge < -0.3 is 15.7 Å². The van der Waals surface area contributed by atoms with Crippen molar-refractivity contribution in [2.24, 2.45) is 0 Å². The molecule has 0 spiro atoms. The number of amides is 2. The van der Waals surface area contributed by atoms with Gasteiger partial charge in [0.15, 0.2) is 9.84 Å². The van der Waals surface area contributed by atoms with Crippen molar-refractivity contribution in [3.8, 4) is 5.75 Å². The van der Waals surface area contributed by atoms with E-state index in [9.17, 15) is 18.3 Å². The number of benzene rings is 3. The van der Waals surface area contributed by atoms with Crippen LogP contribution in [0.2, 0.25) is 0 Å². The number of anilines is 2. The van der Waals surface area contributed by atoms with Gasteiger partial charge in [0.2, 0.25) is 0 Å². The van der Waals surface area contributed by atoms with E-state index in [1.165, 1.54) is 18.2 Å². The summed E-state index contributed by atoms with van der Waals surface area (Å²) in [6.45, 7) is 3.62. The van der Waals surface area contributed by atoms with E-state index in [2.05, 4.69) is 10.6 Å². The minimum Gasteiger partial charge on any atom is -0.508 e. The maximum Gasteiger partial charge on any atom is 0.323 e. The van der Waals surface area contributed by atoms with E-state index in [0.717, 1.165) is 5.56 Å². The fourth-order valence-corrected chi connectivity index (χ4v) is 4.61. The Balaban J connectivity index is 1.79. The molecule has 3 rings (SSSR count). The molecule has 0 aliphatic heterocycles. The number of rotatable bonds is 5. The van der Waals surface area contributed by atoms with Crippen molar-refractivity contribution in [1.82, 2.24) is 0 Å². The highest BCUT2D eigenvalue weighted by atomic mass is 32.2. The van der Waals surface area contributed by atoms with E-state index in [1.54, 1.807) is 37.3 Å². The molecule has 0 heterocycles. The van der Waals surface area contributed by atoms with E-state index < -0.39 is 15.9 Å².